The Hall–Kier alpha value is -1.74. The number of hydrogen-bond donors (Lipinski definition) is 2. The highest BCUT2D eigenvalue weighted by molar-refractivity contribution is 6.33. The molecule has 0 aliphatic carbocycles. The molecule has 1 aliphatic heterocycles. The molecule has 2 N–H and O–H groups in total. The van der Waals surface area contributed by atoms with Crippen LogP contribution in [-0.4, -0.2) is 48.0 Å². The van der Waals surface area contributed by atoms with E-state index in [9.17, 15) is 18.3 Å². The number of nitrogens with zero attached hydrogens (tertiary/aromatic N) is 3. The third-order valence-electron chi connectivity index (χ3n) is 4.60. The SMILES string of the molecule is OC[C@@H](O)c1cnc(N2CCN(c3ccc(Cl)c(C(F)(F)F)c3)CC2)c(Cl)c1. The summed E-state index contributed by atoms with van der Waals surface area (Å²) in [4.78, 5) is 8.04. The van der Waals surface area contributed by atoms with E-state index in [1.807, 2.05) is 9.80 Å². The van der Waals surface area contributed by atoms with E-state index in [0.717, 1.165) is 6.07 Å². The van der Waals surface area contributed by atoms with E-state index in [4.69, 9.17) is 28.3 Å². The lowest BCUT2D eigenvalue weighted by molar-refractivity contribution is -0.137. The second-order valence-corrected chi connectivity index (χ2v) is 7.22. The van der Waals surface area contributed by atoms with Gasteiger partial charge in [-0.15, -0.1) is 0 Å². The highest BCUT2D eigenvalue weighted by atomic mass is 35.5. The van der Waals surface area contributed by atoms with Crippen LogP contribution in [0.2, 0.25) is 10.0 Å². The fraction of sp³-hybridized carbons (Fsp3) is 0.389. The first-order valence-electron chi connectivity index (χ1n) is 8.51. The van der Waals surface area contributed by atoms with Crippen LogP contribution in [0.25, 0.3) is 0 Å². The lowest BCUT2D eigenvalue weighted by atomic mass is 10.1. The maximum absolute atomic E-state index is 13.1. The van der Waals surface area contributed by atoms with Gasteiger partial charge in [0, 0.05) is 43.6 Å². The van der Waals surface area contributed by atoms with Gasteiger partial charge in [0.05, 0.1) is 22.2 Å². The lowest BCUT2D eigenvalue weighted by Gasteiger charge is -2.37. The summed E-state index contributed by atoms with van der Waals surface area (Å²) in [5.74, 6) is 0.530. The minimum absolute atomic E-state index is 0.323. The van der Waals surface area contributed by atoms with Crippen molar-refractivity contribution in [2.75, 3.05) is 42.6 Å². The molecule has 1 saturated heterocycles. The molecular formula is C18H18Cl2F3N3O2. The van der Waals surface area contributed by atoms with Crippen LogP contribution in [0.15, 0.2) is 30.5 Å². The summed E-state index contributed by atoms with van der Waals surface area (Å²) in [5, 5.41) is 18.7. The molecule has 1 atom stereocenters. The van der Waals surface area contributed by atoms with Crippen LogP contribution in [0.5, 0.6) is 0 Å². The Bertz CT molecular complexity index is 843. The van der Waals surface area contributed by atoms with Gasteiger partial charge in [-0.3, -0.25) is 0 Å². The summed E-state index contributed by atoms with van der Waals surface area (Å²) in [6.07, 6.45) is -4.11. The lowest BCUT2D eigenvalue weighted by Crippen LogP contribution is -2.47. The smallest absolute Gasteiger partial charge is 0.393 e. The normalized spacial score (nSPS) is 16.4. The number of aromatic nitrogens is 1. The molecule has 1 fully saturated rings. The Morgan fingerprint density at radius 2 is 1.68 bits per heavy atom. The average Bonchev–Trinajstić information content (AvgIpc) is 2.67. The topological polar surface area (TPSA) is 59.8 Å². The summed E-state index contributed by atoms with van der Waals surface area (Å²) in [6, 6.07) is 5.44. The fourth-order valence-corrected chi connectivity index (χ4v) is 3.59. The molecule has 0 amide bonds. The Morgan fingerprint density at radius 3 is 2.25 bits per heavy atom. The molecule has 2 heterocycles. The van der Waals surface area contributed by atoms with E-state index in [-0.39, 0.29) is 5.02 Å². The molecule has 1 aliphatic rings. The van der Waals surface area contributed by atoms with Crippen LogP contribution in [0.1, 0.15) is 17.2 Å². The third kappa shape index (κ3) is 4.46. The molecule has 152 valence electrons. The maximum atomic E-state index is 13.1. The van der Waals surface area contributed by atoms with Gasteiger partial charge in [0.2, 0.25) is 0 Å². The van der Waals surface area contributed by atoms with Crippen LogP contribution >= 0.6 is 23.2 Å². The van der Waals surface area contributed by atoms with Crippen LogP contribution in [0, 0.1) is 0 Å². The van der Waals surface area contributed by atoms with E-state index in [1.165, 1.54) is 12.3 Å². The van der Waals surface area contributed by atoms with Crippen molar-refractivity contribution < 1.29 is 23.4 Å². The van der Waals surface area contributed by atoms with Crippen molar-refractivity contribution in [3.05, 3.63) is 51.6 Å². The van der Waals surface area contributed by atoms with Crippen LogP contribution < -0.4 is 9.80 Å². The molecule has 0 radical (unpaired) electrons. The van der Waals surface area contributed by atoms with E-state index < -0.39 is 24.5 Å². The number of piperazine rings is 1. The molecular weight excluding hydrogens is 418 g/mol. The largest absolute Gasteiger partial charge is 0.417 e. The van der Waals surface area contributed by atoms with Gasteiger partial charge in [-0.05, 0) is 24.3 Å². The van der Waals surface area contributed by atoms with E-state index in [0.29, 0.717) is 48.3 Å². The zero-order valence-corrected chi connectivity index (χ0v) is 16.1. The van der Waals surface area contributed by atoms with Crippen molar-refractivity contribution in [3.8, 4) is 0 Å². The highest BCUT2D eigenvalue weighted by Crippen LogP contribution is 2.37. The summed E-state index contributed by atoms with van der Waals surface area (Å²) >= 11 is 11.9. The number of rotatable bonds is 4. The Balaban J connectivity index is 1.72. The van der Waals surface area contributed by atoms with Crippen molar-refractivity contribution in [1.82, 2.24) is 4.98 Å². The number of pyridine rings is 1. The minimum atomic E-state index is -4.51. The predicted molar refractivity (Wildman–Crippen MR) is 102 cm³/mol. The van der Waals surface area contributed by atoms with E-state index in [2.05, 4.69) is 4.98 Å². The molecule has 1 aromatic heterocycles. The summed E-state index contributed by atoms with van der Waals surface area (Å²) < 4.78 is 39.2. The summed E-state index contributed by atoms with van der Waals surface area (Å²) in [7, 11) is 0. The third-order valence-corrected chi connectivity index (χ3v) is 5.21. The van der Waals surface area contributed by atoms with Gasteiger partial charge < -0.3 is 20.0 Å². The number of halogens is 5. The number of alkyl halides is 3. The van der Waals surface area contributed by atoms with E-state index >= 15 is 0 Å². The van der Waals surface area contributed by atoms with Gasteiger partial charge in [-0.2, -0.15) is 13.2 Å². The molecule has 0 unspecified atom stereocenters. The highest BCUT2D eigenvalue weighted by Gasteiger charge is 2.34. The molecule has 1 aromatic carbocycles. The first kappa shape index (κ1) is 21.0. The first-order chi connectivity index (χ1) is 13.2. The van der Waals surface area contributed by atoms with Gasteiger partial charge in [0.1, 0.15) is 11.9 Å². The first-order valence-corrected chi connectivity index (χ1v) is 9.27. The van der Waals surface area contributed by atoms with Gasteiger partial charge in [-0.25, -0.2) is 4.98 Å². The number of aliphatic hydroxyl groups is 2. The second kappa shape index (κ2) is 8.32. The average molecular weight is 436 g/mol. The molecule has 2 aromatic rings. The molecule has 10 heteroatoms. The number of benzene rings is 1. The fourth-order valence-electron chi connectivity index (χ4n) is 3.07. The monoisotopic (exact) mass is 435 g/mol. The molecule has 3 rings (SSSR count). The standard InChI is InChI=1S/C18H18Cl2F3N3O2/c19-14-2-1-12(8-13(14)18(21,22)23)25-3-5-26(6-4-25)17-15(20)7-11(9-24-17)16(28)10-27/h1-2,7-9,16,27-28H,3-6,10H2/t16-/m1/s1. The van der Waals surface area contributed by atoms with Gasteiger partial charge in [-0.1, -0.05) is 23.2 Å². The molecule has 5 nitrogen and oxygen atoms in total. The quantitative estimate of drug-likeness (QED) is 0.765. The summed E-state index contributed by atoms with van der Waals surface area (Å²) in [5.41, 5.74) is 0.0180. The zero-order chi connectivity index (χ0) is 20.5. The second-order valence-electron chi connectivity index (χ2n) is 6.41. The zero-order valence-electron chi connectivity index (χ0n) is 14.6. The van der Waals surface area contributed by atoms with Crippen molar-refractivity contribution in [2.45, 2.75) is 12.3 Å². The van der Waals surface area contributed by atoms with Crippen LogP contribution in [0.3, 0.4) is 0 Å². The molecule has 0 saturated carbocycles. The Kier molecular flexibility index (Phi) is 6.24. The van der Waals surface area contributed by atoms with Gasteiger partial charge in [0.25, 0.3) is 0 Å². The summed E-state index contributed by atoms with van der Waals surface area (Å²) in [6.45, 7) is 1.56. The number of anilines is 2. The van der Waals surface area contributed by atoms with Gasteiger partial charge in [0.15, 0.2) is 0 Å². The van der Waals surface area contributed by atoms with Gasteiger partial charge >= 0.3 is 6.18 Å². The Morgan fingerprint density at radius 1 is 1.04 bits per heavy atom. The van der Waals surface area contributed by atoms with Crippen molar-refractivity contribution in [3.63, 3.8) is 0 Å². The maximum Gasteiger partial charge on any atom is 0.417 e. The van der Waals surface area contributed by atoms with Crippen LogP contribution in [-0.2, 0) is 6.18 Å². The number of hydrogen-bond acceptors (Lipinski definition) is 5. The van der Waals surface area contributed by atoms with Crippen molar-refractivity contribution in [1.29, 1.82) is 0 Å². The van der Waals surface area contributed by atoms with Crippen LogP contribution in [0.4, 0.5) is 24.7 Å². The van der Waals surface area contributed by atoms with Crippen molar-refractivity contribution >= 4 is 34.7 Å². The molecule has 0 spiro atoms. The molecule has 0 bridgehead atoms. The minimum Gasteiger partial charge on any atom is -0.393 e. The predicted octanol–water partition coefficient (Wildman–Crippen LogP) is 3.76. The van der Waals surface area contributed by atoms with Crippen molar-refractivity contribution in [2.24, 2.45) is 0 Å². The Labute approximate surface area is 169 Å². The van der Waals surface area contributed by atoms with E-state index in [1.54, 1.807) is 12.1 Å². The molecule has 28 heavy (non-hydrogen) atoms. The number of aliphatic hydroxyl groups excluding tert-OH is 2.